The van der Waals surface area contributed by atoms with E-state index < -0.39 is 0 Å². The van der Waals surface area contributed by atoms with E-state index in [9.17, 15) is 5.11 Å². The molecule has 2 aromatic carbocycles. The Labute approximate surface area is 152 Å². The molecular weight excluding hydrogens is 328 g/mol. The number of benzene rings is 2. The number of rotatable bonds is 7. The average molecular weight is 350 g/mol. The molecule has 0 amide bonds. The van der Waals surface area contributed by atoms with Gasteiger partial charge in [0, 0.05) is 0 Å². The van der Waals surface area contributed by atoms with Crippen LogP contribution in [0.25, 0.3) is 0 Å². The molecule has 26 heavy (non-hydrogen) atoms. The fourth-order valence-corrected chi connectivity index (χ4v) is 3.44. The van der Waals surface area contributed by atoms with E-state index in [-0.39, 0.29) is 24.9 Å². The van der Waals surface area contributed by atoms with Crippen LogP contribution in [-0.4, -0.2) is 27.4 Å². The number of aromatic nitrogens is 2. The number of aliphatic hydroxyl groups is 1. The summed E-state index contributed by atoms with van der Waals surface area (Å²) < 4.78 is 14.4. The van der Waals surface area contributed by atoms with Crippen LogP contribution in [-0.2, 0) is 22.7 Å². The summed E-state index contributed by atoms with van der Waals surface area (Å²) in [6, 6.07) is 19.9. The maximum Gasteiger partial charge on any atom is 0.128 e. The standard InChI is InChI=1S/C21H22N2O3/c24-12-19-21(26-14-17-9-5-2-6-10-17)20(18-11-22-15-23(18)19)25-13-16-7-3-1-4-8-16/h1-11,15,19-21,24H,12-14H2/t19-,20-,21+/m1/s1. The number of hydrogen-bond donors (Lipinski definition) is 1. The first-order valence-corrected chi connectivity index (χ1v) is 8.80. The van der Waals surface area contributed by atoms with Crippen molar-refractivity contribution in [2.75, 3.05) is 6.61 Å². The van der Waals surface area contributed by atoms with E-state index in [0.29, 0.717) is 13.2 Å². The smallest absolute Gasteiger partial charge is 0.128 e. The third-order valence-electron chi connectivity index (χ3n) is 4.77. The van der Waals surface area contributed by atoms with Gasteiger partial charge in [-0.2, -0.15) is 0 Å². The van der Waals surface area contributed by atoms with Crippen molar-refractivity contribution in [2.45, 2.75) is 31.5 Å². The van der Waals surface area contributed by atoms with Crippen LogP contribution < -0.4 is 0 Å². The molecule has 0 fully saturated rings. The van der Waals surface area contributed by atoms with Gasteiger partial charge in [0.2, 0.25) is 0 Å². The second-order valence-corrected chi connectivity index (χ2v) is 6.45. The Balaban J connectivity index is 1.51. The van der Waals surface area contributed by atoms with Crippen LogP contribution in [0, 0.1) is 0 Å². The second kappa shape index (κ2) is 7.83. The van der Waals surface area contributed by atoms with Gasteiger partial charge in [-0.1, -0.05) is 60.7 Å². The molecule has 0 aliphatic carbocycles. The van der Waals surface area contributed by atoms with E-state index in [0.717, 1.165) is 16.8 Å². The van der Waals surface area contributed by atoms with Gasteiger partial charge in [0.1, 0.15) is 12.2 Å². The Morgan fingerprint density at radius 2 is 1.50 bits per heavy atom. The highest BCUT2D eigenvalue weighted by molar-refractivity contribution is 5.18. The zero-order valence-corrected chi connectivity index (χ0v) is 14.4. The van der Waals surface area contributed by atoms with Crippen LogP contribution in [0.15, 0.2) is 73.2 Å². The van der Waals surface area contributed by atoms with Crippen molar-refractivity contribution in [3.05, 3.63) is 90.0 Å². The van der Waals surface area contributed by atoms with Crippen LogP contribution in [0.2, 0.25) is 0 Å². The van der Waals surface area contributed by atoms with Crippen molar-refractivity contribution < 1.29 is 14.6 Å². The van der Waals surface area contributed by atoms with Crippen molar-refractivity contribution in [2.24, 2.45) is 0 Å². The Kier molecular flexibility index (Phi) is 5.11. The van der Waals surface area contributed by atoms with Crippen LogP contribution in [0.1, 0.15) is 29.0 Å². The molecule has 0 spiro atoms. The molecule has 1 aliphatic rings. The van der Waals surface area contributed by atoms with E-state index in [1.165, 1.54) is 0 Å². The molecule has 1 aliphatic heterocycles. The summed E-state index contributed by atoms with van der Waals surface area (Å²) >= 11 is 0. The minimum absolute atomic E-state index is 0.0198. The predicted molar refractivity (Wildman–Crippen MR) is 97.3 cm³/mol. The Bertz CT molecular complexity index is 820. The molecule has 0 radical (unpaired) electrons. The lowest BCUT2D eigenvalue weighted by molar-refractivity contribution is -0.0965. The summed E-state index contributed by atoms with van der Waals surface area (Å²) in [7, 11) is 0. The van der Waals surface area contributed by atoms with E-state index in [4.69, 9.17) is 9.47 Å². The first kappa shape index (κ1) is 17.0. The Morgan fingerprint density at radius 3 is 2.12 bits per heavy atom. The highest BCUT2D eigenvalue weighted by Gasteiger charge is 2.42. The molecule has 5 nitrogen and oxygen atoms in total. The quantitative estimate of drug-likeness (QED) is 0.710. The molecule has 134 valence electrons. The second-order valence-electron chi connectivity index (χ2n) is 6.45. The lowest BCUT2D eigenvalue weighted by atomic mass is 10.1. The Morgan fingerprint density at radius 1 is 0.885 bits per heavy atom. The minimum atomic E-state index is -0.265. The lowest BCUT2D eigenvalue weighted by Crippen LogP contribution is -2.28. The van der Waals surface area contributed by atoms with Crippen molar-refractivity contribution in [1.29, 1.82) is 0 Å². The van der Waals surface area contributed by atoms with Crippen molar-refractivity contribution >= 4 is 0 Å². The first-order chi connectivity index (χ1) is 12.9. The van der Waals surface area contributed by atoms with E-state index in [1.54, 1.807) is 12.5 Å². The molecule has 0 unspecified atom stereocenters. The number of ether oxygens (including phenoxy) is 2. The summed E-state index contributed by atoms with van der Waals surface area (Å²) in [6.45, 7) is 0.944. The highest BCUT2D eigenvalue weighted by atomic mass is 16.5. The van der Waals surface area contributed by atoms with Crippen LogP contribution in [0.3, 0.4) is 0 Å². The topological polar surface area (TPSA) is 56.5 Å². The van der Waals surface area contributed by atoms with Gasteiger partial charge in [0.15, 0.2) is 0 Å². The van der Waals surface area contributed by atoms with Crippen molar-refractivity contribution in [3.63, 3.8) is 0 Å². The van der Waals surface area contributed by atoms with Gasteiger partial charge in [-0.25, -0.2) is 4.98 Å². The molecule has 0 saturated carbocycles. The fourth-order valence-electron chi connectivity index (χ4n) is 3.44. The molecule has 3 atom stereocenters. The van der Waals surface area contributed by atoms with Gasteiger partial charge >= 0.3 is 0 Å². The molecular formula is C21H22N2O3. The number of aliphatic hydroxyl groups excluding tert-OH is 1. The van der Waals surface area contributed by atoms with E-state index in [1.807, 2.05) is 65.2 Å². The van der Waals surface area contributed by atoms with Gasteiger partial charge in [-0.15, -0.1) is 0 Å². The predicted octanol–water partition coefficient (Wildman–Crippen LogP) is 3.27. The molecule has 1 aromatic heterocycles. The molecule has 0 saturated heterocycles. The van der Waals surface area contributed by atoms with Crippen LogP contribution >= 0.6 is 0 Å². The fraction of sp³-hybridized carbons (Fsp3) is 0.286. The SMILES string of the molecule is OC[C@@H]1[C@H](OCc2ccccc2)[C@H](OCc2ccccc2)c2cncn21. The zero-order chi connectivity index (χ0) is 17.8. The van der Waals surface area contributed by atoms with Gasteiger partial charge in [-0.3, -0.25) is 0 Å². The zero-order valence-electron chi connectivity index (χ0n) is 14.4. The minimum Gasteiger partial charge on any atom is -0.394 e. The lowest BCUT2D eigenvalue weighted by Gasteiger charge is -2.24. The normalized spacial score (nSPS) is 21.7. The number of hydrogen-bond acceptors (Lipinski definition) is 4. The largest absolute Gasteiger partial charge is 0.394 e. The molecule has 5 heteroatoms. The Hall–Kier alpha value is -2.47. The van der Waals surface area contributed by atoms with Gasteiger partial charge in [0.25, 0.3) is 0 Å². The molecule has 4 rings (SSSR count). The summed E-state index contributed by atoms with van der Waals surface area (Å²) in [4.78, 5) is 4.22. The third kappa shape index (κ3) is 3.42. The summed E-state index contributed by atoms with van der Waals surface area (Å²) in [5, 5.41) is 9.92. The molecule has 3 aromatic rings. The number of fused-ring (bicyclic) bond motifs is 1. The number of imidazole rings is 1. The monoisotopic (exact) mass is 350 g/mol. The average Bonchev–Trinajstić information content (AvgIpc) is 3.27. The summed E-state index contributed by atoms with van der Waals surface area (Å²) in [5.74, 6) is 0. The third-order valence-corrected chi connectivity index (χ3v) is 4.77. The van der Waals surface area contributed by atoms with E-state index >= 15 is 0 Å². The maximum absolute atomic E-state index is 9.92. The molecule has 1 N–H and O–H groups in total. The van der Waals surface area contributed by atoms with Crippen molar-refractivity contribution in [1.82, 2.24) is 9.55 Å². The van der Waals surface area contributed by atoms with Crippen LogP contribution in [0.5, 0.6) is 0 Å². The first-order valence-electron chi connectivity index (χ1n) is 8.80. The molecule has 0 bridgehead atoms. The van der Waals surface area contributed by atoms with Crippen molar-refractivity contribution in [3.8, 4) is 0 Å². The highest BCUT2D eigenvalue weighted by Crippen LogP contribution is 2.39. The summed E-state index contributed by atoms with van der Waals surface area (Å²) in [6.07, 6.45) is 3.01. The van der Waals surface area contributed by atoms with Gasteiger partial charge in [-0.05, 0) is 11.1 Å². The van der Waals surface area contributed by atoms with Gasteiger partial charge < -0.3 is 19.1 Å². The number of nitrogens with zero attached hydrogens (tertiary/aromatic N) is 2. The van der Waals surface area contributed by atoms with Gasteiger partial charge in [0.05, 0.1) is 44.1 Å². The molecule has 2 heterocycles. The summed E-state index contributed by atoms with van der Waals surface area (Å²) in [5.41, 5.74) is 3.14. The van der Waals surface area contributed by atoms with Crippen LogP contribution in [0.4, 0.5) is 0 Å². The maximum atomic E-state index is 9.92. The van der Waals surface area contributed by atoms with E-state index in [2.05, 4.69) is 4.98 Å².